The first-order chi connectivity index (χ1) is 15.7. The minimum Gasteiger partial charge on any atom is -0.461 e. The second-order valence-corrected chi connectivity index (χ2v) is 8.84. The minimum absolute atomic E-state index is 0.171. The van der Waals surface area contributed by atoms with Crippen molar-refractivity contribution in [2.24, 2.45) is 7.05 Å². The lowest BCUT2D eigenvalue weighted by Gasteiger charge is -2.34. The predicted octanol–water partition coefficient (Wildman–Crippen LogP) is 6.05. The highest BCUT2D eigenvalue weighted by atomic mass is 79.9. The molecule has 176 valence electrons. The van der Waals surface area contributed by atoms with Crippen LogP contribution in [0.15, 0.2) is 50.1 Å². The van der Waals surface area contributed by atoms with Crippen molar-refractivity contribution in [1.82, 2.24) is 14.1 Å². The Labute approximate surface area is 210 Å². The first-order valence-electron chi connectivity index (χ1n) is 10.6. The van der Waals surface area contributed by atoms with Gasteiger partial charge < -0.3 is 14.6 Å². The zero-order valence-electron chi connectivity index (χ0n) is 19.0. The number of pyridine rings is 1. The van der Waals surface area contributed by atoms with E-state index in [1.807, 2.05) is 37.5 Å². The number of fused-ring (bicyclic) bond motifs is 2. The van der Waals surface area contributed by atoms with Gasteiger partial charge in [0.2, 0.25) is 0 Å². The van der Waals surface area contributed by atoms with E-state index in [2.05, 4.69) is 26.2 Å². The van der Waals surface area contributed by atoms with Crippen LogP contribution in [-0.4, -0.2) is 26.7 Å². The first-order valence-corrected chi connectivity index (χ1v) is 12.1. The number of hydrogen-bond donors (Lipinski definition) is 1. The van der Waals surface area contributed by atoms with E-state index in [1.165, 1.54) is 4.57 Å². The van der Waals surface area contributed by atoms with Gasteiger partial charge in [-0.1, -0.05) is 43.1 Å². The third kappa shape index (κ3) is 4.69. The number of halogens is 3. The average molecular weight is 556 g/mol. The van der Waals surface area contributed by atoms with E-state index >= 15 is 0 Å². The van der Waals surface area contributed by atoms with E-state index < -0.39 is 12.0 Å². The van der Waals surface area contributed by atoms with Crippen LogP contribution in [0.25, 0.3) is 5.70 Å². The van der Waals surface area contributed by atoms with Gasteiger partial charge in [-0.3, -0.25) is 9.36 Å². The zero-order valence-corrected chi connectivity index (χ0v) is 22.1. The molecule has 33 heavy (non-hydrogen) atoms. The number of imidazole rings is 1. The summed E-state index contributed by atoms with van der Waals surface area (Å²) in [4.78, 5) is 29.9. The molecule has 1 N–H and O–H groups in total. The van der Waals surface area contributed by atoms with Crippen molar-refractivity contribution in [3.05, 3.63) is 72.1 Å². The highest BCUT2D eigenvalue weighted by Crippen LogP contribution is 2.46. The molecule has 2 aromatic heterocycles. The molecule has 3 heterocycles. The van der Waals surface area contributed by atoms with Crippen LogP contribution in [0.2, 0.25) is 5.02 Å². The van der Waals surface area contributed by atoms with Crippen LogP contribution in [0.5, 0.6) is 0 Å². The highest BCUT2D eigenvalue weighted by molar-refractivity contribution is 9.10. The van der Waals surface area contributed by atoms with Crippen molar-refractivity contribution in [2.45, 2.75) is 40.2 Å². The van der Waals surface area contributed by atoms with Crippen LogP contribution in [0.1, 0.15) is 56.3 Å². The number of ether oxygens (including phenoxy) is 1. The maximum atomic E-state index is 12.8. The maximum absolute atomic E-state index is 12.8. The Kier molecular flexibility index (Phi) is 7.92. The standard InChI is InChI=1S/C21H19BrCl2N4O3.C2H6/c1-4-31-20(30)17-18-16(25-15-8-12(24)9-27(3)19(15)29)13-6-5-11(23)7-14(13)10(2)28(18)21(22)26-17;1-2/h5-6,8-9,16,25H,4,7H2,1-3H3;1-2H3. The fourth-order valence-corrected chi connectivity index (χ4v) is 5.00. The topological polar surface area (TPSA) is 78.2 Å². The molecule has 0 radical (unpaired) electrons. The summed E-state index contributed by atoms with van der Waals surface area (Å²) in [5.74, 6) is -0.538. The fraction of sp³-hybridized carbons (Fsp3) is 0.348. The third-order valence-corrected chi connectivity index (χ3v) is 6.28. The molecule has 0 amide bonds. The van der Waals surface area contributed by atoms with E-state index in [-0.39, 0.29) is 17.9 Å². The zero-order chi connectivity index (χ0) is 24.4. The van der Waals surface area contributed by atoms with Crippen LogP contribution in [-0.2, 0) is 11.8 Å². The molecule has 10 heteroatoms. The summed E-state index contributed by atoms with van der Waals surface area (Å²) in [5.41, 5.74) is 3.58. The number of carbonyl (C=O) groups excluding carboxylic acids is 1. The smallest absolute Gasteiger partial charge is 0.358 e. The molecule has 0 saturated carbocycles. The second-order valence-electron chi connectivity index (χ2n) is 7.21. The lowest BCUT2D eigenvalue weighted by atomic mass is 9.85. The van der Waals surface area contributed by atoms with Gasteiger partial charge in [-0.25, -0.2) is 9.78 Å². The van der Waals surface area contributed by atoms with E-state index in [0.717, 1.165) is 16.8 Å². The van der Waals surface area contributed by atoms with Crippen LogP contribution in [0.4, 0.5) is 5.69 Å². The molecule has 1 aliphatic heterocycles. The van der Waals surface area contributed by atoms with Gasteiger partial charge in [0.25, 0.3) is 5.56 Å². The molecular weight excluding hydrogens is 531 g/mol. The van der Waals surface area contributed by atoms with Crippen LogP contribution < -0.4 is 10.9 Å². The Morgan fingerprint density at radius 3 is 2.70 bits per heavy atom. The van der Waals surface area contributed by atoms with Gasteiger partial charge in [0.15, 0.2) is 10.4 Å². The Morgan fingerprint density at radius 2 is 2.03 bits per heavy atom. The van der Waals surface area contributed by atoms with E-state index in [4.69, 9.17) is 27.9 Å². The average Bonchev–Trinajstić information content (AvgIpc) is 3.13. The summed E-state index contributed by atoms with van der Waals surface area (Å²) in [6.07, 6.45) is 5.79. The van der Waals surface area contributed by atoms with Gasteiger partial charge in [-0.05, 0) is 53.1 Å². The van der Waals surface area contributed by atoms with Crippen LogP contribution in [0.3, 0.4) is 0 Å². The molecule has 2 aromatic rings. The summed E-state index contributed by atoms with van der Waals surface area (Å²) >= 11 is 16.0. The van der Waals surface area contributed by atoms with Crippen molar-refractivity contribution in [1.29, 1.82) is 0 Å². The van der Waals surface area contributed by atoms with E-state index in [9.17, 15) is 9.59 Å². The number of carbonyl (C=O) groups is 1. The van der Waals surface area contributed by atoms with Crippen LogP contribution >= 0.6 is 39.1 Å². The van der Waals surface area contributed by atoms with Gasteiger partial charge in [0.05, 0.1) is 23.4 Å². The van der Waals surface area contributed by atoms with Crippen molar-refractivity contribution >= 4 is 56.5 Å². The Morgan fingerprint density at radius 1 is 1.33 bits per heavy atom. The number of esters is 1. The lowest BCUT2D eigenvalue weighted by Crippen LogP contribution is -2.30. The van der Waals surface area contributed by atoms with Gasteiger partial charge in [0, 0.05) is 30.4 Å². The van der Waals surface area contributed by atoms with Crippen molar-refractivity contribution < 1.29 is 9.53 Å². The molecule has 0 fully saturated rings. The highest BCUT2D eigenvalue weighted by Gasteiger charge is 2.38. The van der Waals surface area contributed by atoms with Gasteiger partial charge in [-0.15, -0.1) is 0 Å². The number of aryl methyl sites for hydroxylation is 1. The second kappa shape index (κ2) is 10.3. The van der Waals surface area contributed by atoms with Gasteiger partial charge in [-0.2, -0.15) is 0 Å². The third-order valence-electron chi connectivity index (χ3n) is 5.29. The lowest BCUT2D eigenvalue weighted by molar-refractivity contribution is 0.0518. The maximum Gasteiger partial charge on any atom is 0.358 e. The van der Waals surface area contributed by atoms with Crippen molar-refractivity contribution in [3.8, 4) is 0 Å². The molecule has 0 bridgehead atoms. The number of anilines is 1. The SMILES string of the molecule is CC.CCOC(=O)c1nc(Br)n2c1C(Nc1cc(Cl)cn(C)c1=O)C1=CC=C(Cl)CC1=C2C. The quantitative estimate of drug-likeness (QED) is 0.464. The van der Waals surface area contributed by atoms with Gasteiger partial charge >= 0.3 is 5.97 Å². The van der Waals surface area contributed by atoms with E-state index in [1.54, 1.807) is 26.2 Å². The Hall–Kier alpha value is -2.29. The van der Waals surface area contributed by atoms with E-state index in [0.29, 0.717) is 32.6 Å². The minimum atomic E-state index is -0.552. The summed E-state index contributed by atoms with van der Waals surface area (Å²) in [6.45, 7) is 7.90. The fourth-order valence-electron chi connectivity index (χ4n) is 3.92. The molecular formula is C23H25BrCl2N4O3. The number of nitrogens with one attached hydrogen (secondary N) is 1. The summed E-state index contributed by atoms with van der Waals surface area (Å²) in [7, 11) is 1.63. The van der Waals surface area contributed by atoms with Crippen molar-refractivity contribution in [2.75, 3.05) is 11.9 Å². The van der Waals surface area contributed by atoms with Crippen molar-refractivity contribution in [3.63, 3.8) is 0 Å². The predicted molar refractivity (Wildman–Crippen MR) is 136 cm³/mol. The molecule has 1 unspecified atom stereocenters. The number of aromatic nitrogens is 3. The monoisotopic (exact) mass is 554 g/mol. The molecule has 2 aliphatic rings. The first kappa shape index (κ1) is 25.3. The number of nitrogens with zero attached hydrogens (tertiary/aromatic N) is 3. The number of hydrogen-bond acceptors (Lipinski definition) is 5. The summed E-state index contributed by atoms with van der Waals surface area (Å²) < 4.78 is 8.95. The van der Waals surface area contributed by atoms with Crippen LogP contribution in [0, 0.1) is 0 Å². The molecule has 4 rings (SSSR count). The largest absolute Gasteiger partial charge is 0.461 e. The van der Waals surface area contributed by atoms with Gasteiger partial charge in [0.1, 0.15) is 5.69 Å². The Bertz CT molecular complexity index is 1260. The summed E-state index contributed by atoms with van der Waals surface area (Å²) in [6, 6.07) is 1.02. The molecule has 0 spiro atoms. The Balaban J connectivity index is 0.00000149. The number of rotatable bonds is 4. The number of allylic oxidation sites excluding steroid dienone is 4. The molecule has 1 atom stereocenters. The summed E-state index contributed by atoms with van der Waals surface area (Å²) in [5, 5.41) is 4.40. The molecule has 0 aromatic carbocycles. The molecule has 7 nitrogen and oxygen atoms in total. The molecule has 0 saturated heterocycles. The normalized spacial score (nSPS) is 16.7. The molecule has 1 aliphatic carbocycles.